The number of benzene rings is 2. The highest BCUT2D eigenvalue weighted by Gasteiger charge is 2.46. The highest BCUT2D eigenvalue weighted by molar-refractivity contribution is 6.46. The van der Waals surface area contributed by atoms with Gasteiger partial charge in [0.15, 0.2) is 0 Å². The summed E-state index contributed by atoms with van der Waals surface area (Å²) >= 11 is 0. The molecule has 1 aliphatic heterocycles. The van der Waals surface area contributed by atoms with Gasteiger partial charge in [-0.25, -0.2) is 0 Å². The number of aromatic nitrogens is 1. The van der Waals surface area contributed by atoms with E-state index in [0.717, 1.165) is 41.2 Å². The first kappa shape index (κ1) is 27.9. The number of carbonyl (C=O) groups excluding carboxylic acids is 2. The lowest BCUT2D eigenvalue weighted by molar-refractivity contribution is -0.140. The number of anilines is 1. The second-order valence-corrected chi connectivity index (χ2v) is 10.1. The summed E-state index contributed by atoms with van der Waals surface area (Å²) in [6.45, 7) is 12.0. The Hall–Kier alpha value is -4.13. The minimum atomic E-state index is -0.762. The maximum atomic E-state index is 13.6. The van der Waals surface area contributed by atoms with Crippen LogP contribution in [0.1, 0.15) is 67.6 Å². The minimum Gasteiger partial charge on any atom is -0.507 e. The minimum absolute atomic E-state index is 0.0782. The van der Waals surface area contributed by atoms with Gasteiger partial charge >= 0.3 is 0 Å². The molecule has 3 aromatic rings. The molecule has 39 heavy (non-hydrogen) atoms. The van der Waals surface area contributed by atoms with Crippen LogP contribution in [0.5, 0.6) is 5.75 Å². The van der Waals surface area contributed by atoms with Gasteiger partial charge in [0.1, 0.15) is 11.5 Å². The average molecular weight is 528 g/mol. The predicted molar refractivity (Wildman–Crippen MR) is 154 cm³/mol. The van der Waals surface area contributed by atoms with E-state index in [-0.39, 0.29) is 23.8 Å². The molecule has 1 fully saturated rings. The molecule has 0 spiro atoms. The number of nitrogens with zero attached hydrogens (tertiary/aromatic N) is 3. The van der Waals surface area contributed by atoms with Gasteiger partial charge < -0.3 is 19.6 Å². The average Bonchev–Trinajstić information content (AvgIpc) is 3.18. The van der Waals surface area contributed by atoms with Gasteiger partial charge in [0.25, 0.3) is 11.7 Å². The van der Waals surface area contributed by atoms with Crippen molar-refractivity contribution in [3.8, 4) is 5.75 Å². The molecule has 204 valence electrons. The number of Topliss-reactive ketones (excluding diaryl/α,β-unsaturated/α-hetero) is 1. The van der Waals surface area contributed by atoms with Crippen molar-refractivity contribution >= 4 is 23.1 Å². The summed E-state index contributed by atoms with van der Waals surface area (Å²) in [4.78, 5) is 35.1. The van der Waals surface area contributed by atoms with Crippen molar-refractivity contribution in [2.24, 2.45) is 0 Å². The van der Waals surface area contributed by atoms with E-state index < -0.39 is 17.7 Å². The molecule has 1 aromatic heterocycles. The van der Waals surface area contributed by atoms with Crippen molar-refractivity contribution in [1.29, 1.82) is 0 Å². The van der Waals surface area contributed by atoms with Crippen LogP contribution in [-0.2, 0) is 16.1 Å². The van der Waals surface area contributed by atoms with Crippen LogP contribution in [-0.4, -0.2) is 46.9 Å². The zero-order valence-electron chi connectivity index (χ0n) is 23.6. The van der Waals surface area contributed by atoms with Crippen LogP contribution in [0.3, 0.4) is 0 Å². The van der Waals surface area contributed by atoms with Crippen molar-refractivity contribution in [1.82, 2.24) is 9.88 Å². The smallest absolute Gasteiger partial charge is 0.296 e. The molecule has 0 aliphatic carbocycles. The normalized spacial score (nSPS) is 16.7. The second kappa shape index (κ2) is 11.7. The fourth-order valence-corrected chi connectivity index (χ4v) is 5.24. The van der Waals surface area contributed by atoms with Crippen molar-refractivity contribution in [3.63, 3.8) is 0 Å². The van der Waals surface area contributed by atoms with E-state index in [1.807, 2.05) is 69.3 Å². The predicted octanol–water partition coefficient (Wildman–Crippen LogP) is 5.99. The maximum absolute atomic E-state index is 13.6. The number of aryl methyl sites for hydroxylation is 1. The van der Waals surface area contributed by atoms with Crippen molar-refractivity contribution in [2.45, 2.75) is 53.1 Å². The molecular weight excluding hydrogens is 490 g/mol. The lowest BCUT2D eigenvalue weighted by atomic mass is 9.91. The molecule has 4 rings (SSSR count). The number of aliphatic hydroxyl groups excluding tert-OH is 1. The van der Waals surface area contributed by atoms with Gasteiger partial charge in [-0.3, -0.25) is 14.6 Å². The highest BCUT2D eigenvalue weighted by Crippen LogP contribution is 2.42. The number of ether oxygens (including phenoxy) is 1. The van der Waals surface area contributed by atoms with Crippen LogP contribution in [0.25, 0.3) is 5.76 Å². The third-order valence-electron chi connectivity index (χ3n) is 7.39. The van der Waals surface area contributed by atoms with Gasteiger partial charge in [-0.2, -0.15) is 0 Å². The zero-order chi connectivity index (χ0) is 28.3. The first-order chi connectivity index (χ1) is 18.7. The molecule has 7 heteroatoms. The zero-order valence-corrected chi connectivity index (χ0v) is 23.6. The van der Waals surface area contributed by atoms with E-state index in [0.29, 0.717) is 11.3 Å². The van der Waals surface area contributed by atoms with Crippen LogP contribution >= 0.6 is 0 Å². The van der Waals surface area contributed by atoms with Crippen molar-refractivity contribution < 1.29 is 19.4 Å². The van der Waals surface area contributed by atoms with E-state index in [4.69, 9.17) is 4.74 Å². The molecular formula is C32H37N3O4. The summed E-state index contributed by atoms with van der Waals surface area (Å²) in [5.41, 5.74) is 4.71. The molecule has 0 saturated carbocycles. The van der Waals surface area contributed by atoms with Gasteiger partial charge in [0.05, 0.1) is 31.0 Å². The molecule has 7 nitrogen and oxygen atoms in total. The second-order valence-electron chi connectivity index (χ2n) is 10.1. The van der Waals surface area contributed by atoms with E-state index in [1.165, 1.54) is 4.90 Å². The van der Waals surface area contributed by atoms with E-state index in [1.54, 1.807) is 19.4 Å². The number of hydrogen-bond donors (Lipinski definition) is 1. The number of amides is 1. The highest BCUT2D eigenvalue weighted by atomic mass is 16.5. The quantitative estimate of drug-likeness (QED) is 0.209. The number of aliphatic hydroxyl groups is 1. The number of hydrogen-bond acceptors (Lipinski definition) is 6. The van der Waals surface area contributed by atoms with Gasteiger partial charge in [-0.1, -0.05) is 32.0 Å². The standard InChI is InChI=1S/C32H37N3O4/c1-7-34(8-2)24-14-12-22(13-15-24)29-28(31(37)32(38)35(29)19-23-11-9-10-16-33-23)30(36)26-18-25(20(3)4)27(39-6)17-21(26)5/h9-18,20,29,36H,7-8,19H2,1-6H3/b30-28+. The van der Waals surface area contributed by atoms with Gasteiger partial charge in [-0.15, -0.1) is 0 Å². The Bertz CT molecular complexity index is 1380. The Balaban J connectivity index is 1.90. The molecule has 1 N–H and O–H groups in total. The first-order valence-corrected chi connectivity index (χ1v) is 13.4. The first-order valence-electron chi connectivity index (χ1n) is 13.4. The number of likely N-dealkylation sites (tertiary alicyclic amines) is 1. The Morgan fingerprint density at radius 1 is 1.08 bits per heavy atom. The molecule has 0 radical (unpaired) electrons. The number of methoxy groups -OCH3 is 1. The topological polar surface area (TPSA) is 83.0 Å². The molecule has 1 saturated heterocycles. The van der Waals surface area contributed by atoms with Gasteiger partial charge in [0, 0.05) is 30.5 Å². The Morgan fingerprint density at radius 2 is 1.77 bits per heavy atom. The van der Waals surface area contributed by atoms with E-state index in [2.05, 4.69) is 23.7 Å². The van der Waals surface area contributed by atoms with Crippen LogP contribution in [0.2, 0.25) is 0 Å². The largest absolute Gasteiger partial charge is 0.507 e. The van der Waals surface area contributed by atoms with Crippen LogP contribution in [0.15, 0.2) is 66.4 Å². The van der Waals surface area contributed by atoms with Crippen molar-refractivity contribution in [3.05, 3.63) is 94.3 Å². The lowest BCUT2D eigenvalue weighted by Crippen LogP contribution is -2.29. The third kappa shape index (κ3) is 5.39. The number of rotatable bonds is 9. The molecule has 1 amide bonds. The monoisotopic (exact) mass is 527 g/mol. The summed E-state index contributed by atoms with van der Waals surface area (Å²) in [6, 6.07) is 16.3. The summed E-state index contributed by atoms with van der Waals surface area (Å²) in [6.07, 6.45) is 1.66. The third-order valence-corrected chi connectivity index (χ3v) is 7.39. The molecule has 2 aromatic carbocycles. The molecule has 1 unspecified atom stereocenters. The molecule has 1 aliphatic rings. The Morgan fingerprint density at radius 3 is 2.33 bits per heavy atom. The summed E-state index contributed by atoms with van der Waals surface area (Å²) in [7, 11) is 1.62. The number of carbonyl (C=O) groups is 2. The van der Waals surface area contributed by atoms with Crippen LogP contribution < -0.4 is 9.64 Å². The molecule has 1 atom stereocenters. The Labute approximate surface area is 230 Å². The van der Waals surface area contributed by atoms with Gasteiger partial charge in [-0.05, 0) is 79.8 Å². The fraction of sp³-hybridized carbons (Fsp3) is 0.344. The fourth-order valence-electron chi connectivity index (χ4n) is 5.24. The SMILES string of the molecule is CCN(CC)c1ccc(C2/C(=C(\O)c3cc(C(C)C)c(OC)cc3C)C(=O)C(=O)N2Cc2ccccn2)cc1. The lowest BCUT2D eigenvalue weighted by Gasteiger charge is -2.26. The Kier molecular flexibility index (Phi) is 8.38. The number of pyridine rings is 1. The van der Waals surface area contributed by atoms with Crippen molar-refractivity contribution in [2.75, 3.05) is 25.1 Å². The maximum Gasteiger partial charge on any atom is 0.296 e. The molecule has 0 bridgehead atoms. The summed E-state index contributed by atoms with van der Waals surface area (Å²) in [5, 5.41) is 11.7. The summed E-state index contributed by atoms with van der Waals surface area (Å²) in [5.74, 6) is -0.699. The summed E-state index contributed by atoms with van der Waals surface area (Å²) < 4.78 is 5.57. The van der Waals surface area contributed by atoms with E-state index in [9.17, 15) is 14.7 Å². The van der Waals surface area contributed by atoms with Crippen LogP contribution in [0, 0.1) is 6.92 Å². The van der Waals surface area contributed by atoms with E-state index >= 15 is 0 Å². The molecule has 2 heterocycles. The van der Waals surface area contributed by atoms with Gasteiger partial charge in [0.2, 0.25) is 0 Å². The van der Waals surface area contributed by atoms with Crippen LogP contribution in [0.4, 0.5) is 5.69 Å². The number of ketones is 1.